The standard InChI is InChI=1S/C13H21FN4/c1-3-15-10(2)11-5-4-6-18(9-11)13-16-7-12(14)8-17-13/h7-8,10-11,15H,3-6,9H2,1-2H3. The summed E-state index contributed by atoms with van der Waals surface area (Å²) in [5, 5.41) is 3.47. The molecule has 100 valence electrons. The van der Waals surface area contributed by atoms with Gasteiger partial charge in [0.1, 0.15) is 0 Å². The molecule has 2 rings (SSSR count). The number of nitrogens with zero attached hydrogens (tertiary/aromatic N) is 3. The minimum Gasteiger partial charge on any atom is -0.340 e. The molecule has 0 aliphatic carbocycles. The molecule has 2 unspecified atom stereocenters. The number of piperidine rings is 1. The molecular weight excluding hydrogens is 231 g/mol. The van der Waals surface area contributed by atoms with Crippen molar-refractivity contribution >= 4 is 5.95 Å². The van der Waals surface area contributed by atoms with Gasteiger partial charge in [-0.05, 0) is 32.2 Å². The van der Waals surface area contributed by atoms with Crippen molar-refractivity contribution in [3.05, 3.63) is 18.2 Å². The first-order valence-electron chi connectivity index (χ1n) is 6.66. The molecule has 1 aliphatic heterocycles. The fraction of sp³-hybridized carbons (Fsp3) is 0.692. The fourth-order valence-corrected chi connectivity index (χ4v) is 2.56. The van der Waals surface area contributed by atoms with Gasteiger partial charge in [0.05, 0.1) is 12.4 Å². The lowest BCUT2D eigenvalue weighted by molar-refractivity contribution is 0.322. The first-order valence-corrected chi connectivity index (χ1v) is 6.66. The number of nitrogens with one attached hydrogen (secondary N) is 1. The van der Waals surface area contributed by atoms with Crippen LogP contribution in [0, 0.1) is 11.7 Å². The van der Waals surface area contributed by atoms with Crippen molar-refractivity contribution < 1.29 is 4.39 Å². The number of halogens is 1. The monoisotopic (exact) mass is 252 g/mol. The Labute approximate surface area is 108 Å². The Morgan fingerprint density at radius 2 is 2.22 bits per heavy atom. The molecule has 1 saturated heterocycles. The van der Waals surface area contributed by atoms with Crippen LogP contribution in [-0.2, 0) is 0 Å². The minimum absolute atomic E-state index is 0.381. The van der Waals surface area contributed by atoms with Gasteiger partial charge in [-0.25, -0.2) is 14.4 Å². The van der Waals surface area contributed by atoms with Crippen molar-refractivity contribution in [2.75, 3.05) is 24.5 Å². The minimum atomic E-state index is -0.381. The summed E-state index contributed by atoms with van der Waals surface area (Å²) in [6.07, 6.45) is 4.84. The lowest BCUT2D eigenvalue weighted by Crippen LogP contribution is -2.45. The lowest BCUT2D eigenvalue weighted by atomic mass is 9.92. The highest BCUT2D eigenvalue weighted by atomic mass is 19.1. The van der Waals surface area contributed by atoms with Gasteiger partial charge in [-0.2, -0.15) is 0 Å². The maximum Gasteiger partial charge on any atom is 0.225 e. The molecule has 4 nitrogen and oxygen atoms in total. The van der Waals surface area contributed by atoms with Crippen LogP contribution in [-0.4, -0.2) is 35.6 Å². The molecule has 0 saturated carbocycles. The molecule has 0 aromatic carbocycles. The van der Waals surface area contributed by atoms with E-state index in [1.54, 1.807) is 0 Å². The van der Waals surface area contributed by atoms with Crippen molar-refractivity contribution in [1.29, 1.82) is 0 Å². The van der Waals surface area contributed by atoms with E-state index in [2.05, 4.69) is 34.0 Å². The van der Waals surface area contributed by atoms with Crippen LogP contribution in [0.3, 0.4) is 0 Å². The van der Waals surface area contributed by atoms with Gasteiger partial charge in [-0.15, -0.1) is 0 Å². The summed E-state index contributed by atoms with van der Waals surface area (Å²) < 4.78 is 12.8. The van der Waals surface area contributed by atoms with E-state index in [1.807, 2.05) is 0 Å². The molecular formula is C13H21FN4. The Hall–Kier alpha value is -1.23. The van der Waals surface area contributed by atoms with Gasteiger partial charge in [0, 0.05) is 19.1 Å². The van der Waals surface area contributed by atoms with E-state index in [1.165, 1.54) is 18.8 Å². The average Bonchev–Trinajstić information content (AvgIpc) is 2.40. The van der Waals surface area contributed by atoms with Crippen LogP contribution < -0.4 is 10.2 Å². The van der Waals surface area contributed by atoms with Crippen molar-refractivity contribution in [2.24, 2.45) is 5.92 Å². The van der Waals surface area contributed by atoms with Crippen LogP contribution in [0.4, 0.5) is 10.3 Å². The van der Waals surface area contributed by atoms with Gasteiger partial charge in [-0.1, -0.05) is 6.92 Å². The molecule has 5 heteroatoms. The summed E-state index contributed by atoms with van der Waals surface area (Å²) in [6, 6.07) is 0.498. The number of hydrogen-bond acceptors (Lipinski definition) is 4. The smallest absolute Gasteiger partial charge is 0.225 e. The van der Waals surface area contributed by atoms with E-state index in [-0.39, 0.29) is 5.82 Å². The molecule has 1 N–H and O–H groups in total. The van der Waals surface area contributed by atoms with Crippen molar-refractivity contribution in [3.8, 4) is 0 Å². The quantitative estimate of drug-likeness (QED) is 0.887. The van der Waals surface area contributed by atoms with Gasteiger partial charge in [0.15, 0.2) is 5.82 Å². The summed E-state index contributed by atoms with van der Waals surface area (Å²) in [7, 11) is 0. The fourth-order valence-electron chi connectivity index (χ4n) is 2.56. The van der Waals surface area contributed by atoms with Crippen molar-refractivity contribution in [1.82, 2.24) is 15.3 Å². The molecule has 1 aromatic heterocycles. The molecule has 18 heavy (non-hydrogen) atoms. The first kappa shape index (κ1) is 13.2. The van der Waals surface area contributed by atoms with Crippen LogP contribution in [0.25, 0.3) is 0 Å². The third-order valence-electron chi connectivity index (χ3n) is 3.58. The number of rotatable bonds is 4. The zero-order valence-electron chi connectivity index (χ0n) is 11.1. The molecule has 2 atom stereocenters. The molecule has 1 aromatic rings. The molecule has 0 radical (unpaired) electrons. The lowest BCUT2D eigenvalue weighted by Gasteiger charge is -2.36. The second-order valence-electron chi connectivity index (χ2n) is 4.90. The van der Waals surface area contributed by atoms with E-state index >= 15 is 0 Å². The molecule has 0 bridgehead atoms. The average molecular weight is 252 g/mol. The third kappa shape index (κ3) is 3.16. The SMILES string of the molecule is CCNC(C)C1CCCN(c2ncc(F)cn2)C1. The molecule has 1 aliphatic rings. The Bertz CT molecular complexity index is 368. The topological polar surface area (TPSA) is 41.0 Å². The zero-order valence-corrected chi connectivity index (χ0v) is 11.1. The van der Waals surface area contributed by atoms with E-state index in [0.717, 1.165) is 26.1 Å². The summed E-state index contributed by atoms with van der Waals surface area (Å²) in [5.41, 5.74) is 0. The third-order valence-corrected chi connectivity index (χ3v) is 3.58. The largest absolute Gasteiger partial charge is 0.340 e. The van der Waals surface area contributed by atoms with Crippen molar-refractivity contribution in [2.45, 2.75) is 32.7 Å². The van der Waals surface area contributed by atoms with Gasteiger partial charge >= 0.3 is 0 Å². The first-order chi connectivity index (χ1) is 8.70. The van der Waals surface area contributed by atoms with Gasteiger partial charge < -0.3 is 10.2 Å². The number of hydrogen-bond donors (Lipinski definition) is 1. The summed E-state index contributed by atoms with van der Waals surface area (Å²) in [4.78, 5) is 10.3. The summed E-state index contributed by atoms with van der Waals surface area (Å²) in [6.45, 7) is 7.24. The highest BCUT2D eigenvalue weighted by molar-refractivity contribution is 5.29. The summed E-state index contributed by atoms with van der Waals surface area (Å²) >= 11 is 0. The van der Waals surface area contributed by atoms with Crippen LogP contribution in [0.2, 0.25) is 0 Å². The second-order valence-corrected chi connectivity index (χ2v) is 4.90. The maximum absolute atomic E-state index is 12.8. The van der Waals surface area contributed by atoms with Gasteiger partial charge in [0.25, 0.3) is 0 Å². The molecule has 1 fully saturated rings. The Balaban J connectivity index is 2.00. The van der Waals surface area contributed by atoms with E-state index in [9.17, 15) is 4.39 Å². The van der Waals surface area contributed by atoms with Crippen LogP contribution >= 0.6 is 0 Å². The van der Waals surface area contributed by atoms with Gasteiger partial charge in [-0.3, -0.25) is 0 Å². The van der Waals surface area contributed by atoms with E-state index in [0.29, 0.717) is 17.9 Å². The predicted octanol–water partition coefficient (Wildman–Crippen LogP) is 1.83. The Kier molecular flexibility index (Phi) is 4.47. The molecule has 0 spiro atoms. The normalized spacial score (nSPS) is 21.9. The molecule has 2 heterocycles. The van der Waals surface area contributed by atoms with Crippen LogP contribution in [0.15, 0.2) is 12.4 Å². The van der Waals surface area contributed by atoms with Crippen LogP contribution in [0.5, 0.6) is 0 Å². The predicted molar refractivity (Wildman–Crippen MR) is 70.1 cm³/mol. The number of aromatic nitrogens is 2. The highest BCUT2D eigenvalue weighted by Gasteiger charge is 2.25. The number of anilines is 1. The highest BCUT2D eigenvalue weighted by Crippen LogP contribution is 2.22. The molecule has 0 amide bonds. The van der Waals surface area contributed by atoms with Crippen molar-refractivity contribution in [3.63, 3.8) is 0 Å². The zero-order chi connectivity index (χ0) is 13.0. The second kappa shape index (κ2) is 6.09. The van der Waals surface area contributed by atoms with E-state index in [4.69, 9.17) is 0 Å². The van der Waals surface area contributed by atoms with Gasteiger partial charge in [0.2, 0.25) is 5.95 Å². The van der Waals surface area contributed by atoms with Crippen LogP contribution in [0.1, 0.15) is 26.7 Å². The Morgan fingerprint density at radius 1 is 1.50 bits per heavy atom. The van der Waals surface area contributed by atoms with E-state index < -0.39 is 0 Å². The maximum atomic E-state index is 12.8. The summed E-state index contributed by atoms with van der Waals surface area (Å²) in [5.74, 6) is 0.866. The Morgan fingerprint density at radius 3 is 2.89 bits per heavy atom.